The molecule has 5 heteroatoms. The monoisotopic (exact) mass is 353 g/mol. The van der Waals surface area contributed by atoms with E-state index >= 15 is 0 Å². The van der Waals surface area contributed by atoms with E-state index in [9.17, 15) is 8.42 Å². The number of halogens is 1. The van der Waals surface area contributed by atoms with Gasteiger partial charge in [0.05, 0.1) is 10.6 Å². The molecule has 20 heavy (non-hydrogen) atoms. The van der Waals surface area contributed by atoms with E-state index in [-0.39, 0.29) is 0 Å². The summed E-state index contributed by atoms with van der Waals surface area (Å²) in [4.78, 5) is 0.312. The molecule has 0 aliphatic carbocycles. The molecule has 2 rings (SSSR count). The van der Waals surface area contributed by atoms with E-state index in [1.54, 1.807) is 25.1 Å². The Bertz CT molecular complexity index is 726. The molecule has 2 aromatic rings. The summed E-state index contributed by atoms with van der Waals surface area (Å²) in [5.41, 5.74) is 3.29. The molecular formula is C15H16BrNO2S. The highest BCUT2D eigenvalue weighted by Gasteiger charge is 2.17. The highest BCUT2D eigenvalue weighted by atomic mass is 79.9. The van der Waals surface area contributed by atoms with Crippen molar-refractivity contribution in [3.05, 3.63) is 59.2 Å². The van der Waals surface area contributed by atoms with Crippen molar-refractivity contribution >= 4 is 31.6 Å². The summed E-state index contributed by atoms with van der Waals surface area (Å²) in [5, 5.41) is 0.596. The van der Waals surface area contributed by atoms with Gasteiger partial charge in [0, 0.05) is 5.33 Å². The van der Waals surface area contributed by atoms with E-state index in [0.717, 1.165) is 16.7 Å². The van der Waals surface area contributed by atoms with Gasteiger partial charge in [-0.3, -0.25) is 4.72 Å². The van der Waals surface area contributed by atoms with E-state index in [0.29, 0.717) is 15.9 Å². The van der Waals surface area contributed by atoms with E-state index in [2.05, 4.69) is 20.7 Å². The molecule has 0 aliphatic heterocycles. The fraction of sp³-hybridized carbons (Fsp3) is 0.200. The SMILES string of the molecule is Cc1ccc(S(=O)(=O)Nc2ccccc2CBr)c(C)c1. The van der Waals surface area contributed by atoms with Crippen LogP contribution in [0, 0.1) is 13.8 Å². The predicted molar refractivity (Wildman–Crippen MR) is 85.8 cm³/mol. The third kappa shape index (κ3) is 3.22. The molecule has 0 saturated carbocycles. The molecule has 0 amide bonds. The number of aryl methyl sites for hydroxylation is 2. The van der Waals surface area contributed by atoms with Gasteiger partial charge in [-0.15, -0.1) is 0 Å². The van der Waals surface area contributed by atoms with Gasteiger partial charge < -0.3 is 0 Å². The minimum Gasteiger partial charge on any atom is -0.279 e. The molecule has 0 atom stereocenters. The molecule has 0 unspecified atom stereocenters. The molecule has 0 saturated heterocycles. The second kappa shape index (κ2) is 5.97. The van der Waals surface area contributed by atoms with Crippen LogP contribution in [-0.4, -0.2) is 8.42 Å². The van der Waals surface area contributed by atoms with E-state index in [4.69, 9.17) is 0 Å². The zero-order valence-corrected chi connectivity index (χ0v) is 13.8. The predicted octanol–water partition coefficient (Wildman–Crippen LogP) is 4.00. The van der Waals surface area contributed by atoms with Crippen LogP contribution in [0.4, 0.5) is 5.69 Å². The lowest BCUT2D eigenvalue weighted by molar-refractivity contribution is 0.600. The summed E-state index contributed by atoms with van der Waals surface area (Å²) >= 11 is 3.36. The smallest absolute Gasteiger partial charge is 0.262 e. The zero-order valence-electron chi connectivity index (χ0n) is 11.4. The van der Waals surface area contributed by atoms with Crippen molar-refractivity contribution < 1.29 is 8.42 Å². The summed E-state index contributed by atoms with van der Waals surface area (Å²) in [6.07, 6.45) is 0. The quantitative estimate of drug-likeness (QED) is 0.844. The molecular weight excluding hydrogens is 338 g/mol. The van der Waals surface area contributed by atoms with Crippen LogP contribution in [0.2, 0.25) is 0 Å². The standard InChI is InChI=1S/C15H16BrNO2S/c1-11-7-8-15(12(2)9-11)20(18,19)17-14-6-4-3-5-13(14)10-16/h3-9,17H,10H2,1-2H3. The van der Waals surface area contributed by atoms with Gasteiger partial charge >= 0.3 is 0 Å². The van der Waals surface area contributed by atoms with Crippen molar-refractivity contribution in [1.82, 2.24) is 0 Å². The molecule has 0 bridgehead atoms. The van der Waals surface area contributed by atoms with E-state index in [1.165, 1.54) is 0 Å². The van der Waals surface area contributed by atoms with Crippen LogP contribution in [0.25, 0.3) is 0 Å². The van der Waals surface area contributed by atoms with Crippen LogP contribution in [0.1, 0.15) is 16.7 Å². The van der Waals surface area contributed by atoms with Crippen LogP contribution in [-0.2, 0) is 15.4 Å². The number of rotatable bonds is 4. The summed E-state index contributed by atoms with van der Waals surface area (Å²) in [7, 11) is -3.56. The van der Waals surface area contributed by atoms with Crippen LogP contribution >= 0.6 is 15.9 Å². The summed E-state index contributed by atoms with van der Waals surface area (Å²) in [6.45, 7) is 3.74. The number of nitrogens with one attached hydrogen (secondary N) is 1. The Kier molecular flexibility index (Phi) is 4.50. The Balaban J connectivity index is 2.41. The maximum absolute atomic E-state index is 12.5. The number of anilines is 1. The van der Waals surface area contributed by atoms with Crippen molar-refractivity contribution in [3.8, 4) is 0 Å². The Morgan fingerprint density at radius 2 is 1.80 bits per heavy atom. The highest BCUT2D eigenvalue weighted by molar-refractivity contribution is 9.08. The molecule has 0 spiro atoms. The third-order valence-corrected chi connectivity index (χ3v) is 5.16. The van der Waals surface area contributed by atoms with Gasteiger partial charge in [0.2, 0.25) is 0 Å². The summed E-state index contributed by atoms with van der Waals surface area (Å²) in [5.74, 6) is 0. The lowest BCUT2D eigenvalue weighted by Gasteiger charge is -2.13. The Labute approximate surface area is 128 Å². The topological polar surface area (TPSA) is 46.2 Å². The lowest BCUT2D eigenvalue weighted by atomic mass is 10.2. The molecule has 0 radical (unpaired) electrons. The third-order valence-electron chi connectivity index (χ3n) is 3.03. The van der Waals surface area contributed by atoms with Crippen LogP contribution in [0.5, 0.6) is 0 Å². The van der Waals surface area contributed by atoms with E-state index in [1.807, 2.05) is 31.2 Å². The van der Waals surface area contributed by atoms with Gasteiger partial charge in [-0.05, 0) is 37.1 Å². The van der Waals surface area contributed by atoms with Crippen LogP contribution < -0.4 is 4.72 Å². The van der Waals surface area contributed by atoms with Gasteiger partial charge in [-0.25, -0.2) is 8.42 Å². The number of hydrogen-bond donors (Lipinski definition) is 1. The molecule has 3 nitrogen and oxygen atoms in total. The maximum atomic E-state index is 12.5. The number of alkyl halides is 1. The van der Waals surface area contributed by atoms with Crippen LogP contribution in [0.3, 0.4) is 0 Å². The number of para-hydroxylation sites is 1. The second-order valence-corrected chi connectivity index (χ2v) is 6.88. The largest absolute Gasteiger partial charge is 0.279 e. The first-order valence-electron chi connectivity index (χ1n) is 6.18. The molecule has 1 N–H and O–H groups in total. The van der Waals surface area contributed by atoms with Gasteiger partial charge in [0.15, 0.2) is 0 Å². The zero-order chi connectivity index (χ0) is 14.8. The van der Waals surface area contributed by atoms with Crippen LogP contribution in [0.15, 0.2) is 47.4 Å². The Hall–Kier alpha value is -1.33. The molecule has 0 heterocycles. The highest BCUT2D eigenvalue weighted by Crippen LogP contribution is 2.23. The fourth-order valence-electron chi connectivity index (χ4n) is 2.04. The second-order valence-electron chi connectivity index (χ2n) is 4.67. The number of benzene rings is 2. The number of hydrogen-bond acceptors (Lipinski definition) is 2. The summed E-state index contributed by atoms with van der Waals surface area (Å²) < 4.78 is 27.6. The van der Waals surface area contributed by atoms with Gasteiger partial charge in [0.25, 0.3) is 10.0 Å². The maximum Gasteiger partial charge on any atom is 0.262 e. The Morgan fingerprint density at radius 3 is 2.45 bits per heavy atom. The lowest BCUT2D eigenvalue weighted by Crippen LogP contribution is -2.15. The van der Waals surface area contributed by atoms with Gasteiger partial charge in [-0.1, -0.05) is 51.8 Å². The molecule has 2 aromatic carbocycles. The summed E-state index contributed by atoms with van der Waals surface area (Å²) in [6, 6.07) is 12.6. The average Bonchev–Trinajstić information content (AvgIpc) is 2.38. The average molecular weight is 354 g/mol. The minimum atomic E-state index is -3.56. The van der Waals surface area contributed by atoms with Crippen molar-refractivity contribution in [2.45, 2.75) is 24.1 Å². The van der Waals surface area contributed by atoms with Gasteiger partial charge in [-0.2, -0.15) is 0 Å². The first-order valence-corrected chi connectivity index (χ1v) is 8.78. The normalized spacial score (nSPS) is 11.3. The van der Waals surface area contributed by atoms with Crippen molar-refractivity contribution in [2.75, 3.05) is 4.72 Å². The fourth-order valence-corrected chi connectivity index (χ4v) is 3.85. The molecule has 0 aliphatic rings. The van der Waals surface area contributed by atoms with Crippen molar-refractivity contribution in [1.29, 1.82) is 0 Å². The van der Waals surface area contributed by atoms with Crippen molar-refractivity contribution in [3.63, 3.8) is 0 Å². The molecule has 0 fully saturated rings. The Morgan fingerprint density at radius 1 is 1.10 bits per heavy atom. The van der Waals surface area contributed by atoms with E-state index < -0.39 is 10.0 Å². The first-order chi connectivity index (χ1) is 9.44. The molecule has 0 aromatic heterocycles. The number of sulfonamides is 1. The molecule has 106 valence electrons. The first kappa shape index (κ1) is 15.1. The van der Waals surface area contributed by atoms with Gasteiger partial charge in [0.1, 0.15) is 0 Å². The minimum absolute atomic E-state index is 0.312. The van der Waals surface area contributed by atoms with Crippen molar-refractivity contribution in [2.24, 2.45) is 0 Å².